The van der Waals surface area contributed by atoms with Gasteiger partial charge in [0.25, 0.3) is 0 Å². The highest BCUT2D eigenvalue weighted by atomic mass is 14.5. The van der Waals surface area contributed by atoms with Crippen LogP contribution in [0.25, 0.3) is 32.7 Å². The Morgan fingerprint density at radius 3 is 1.08 bits per heavy atom. The Labute approximate surface area is 307 Å². The van der Waals surface area contributed by atoms with Gasteiger partial charge in [-0.15, -0.1) is 0 Å². The zero-order valence-corrected chi connectivity index (χ0v) is 30.3. The van der Waals surface area contributed by atoms with E-state index in [0.29, 0.717) is 0 Å². The highest BCUT2D eigenvalue weighted by molar-refractivity contribution is 6.21. The van der Waals surface area contributed by atoms with E-state index in [1.165, 1.54) is 88.3 Å². The van der Waals surface area contributed by atoms with Crippen LogP contribution < -0.4 is 0 Å². The lowest BCUT2D eigenvalue weighted by atomic mass is 9.58. The molecule has 0 spiro atoms. The fourth-order valence-corrected chi connectivity index (χ4v) is 10.0. The molecular formula is C52H42. The van der Waals surface area contributed by atoms with Gasteiger partial charge < -0.3 is 0 Å². The van der Waals surface area contributed by atoms with Gasteiger partial charge in [-0.1, -0.05) is 198 Å². The molecule has 0 atom stereocenters. The largest absolute Gasteiger partial charge is 0.0622 e. The second kappa shape index (κ2) is 11.4. The van der Waals surface area contributed by atoms with Crippen molar-refractivity contribution in [1.29, 1.82) is 0 Å². The van der Waals surface area contributed by atoms with E-state index in [1.807, 2.05) is 0 Å². The number of benzene rings is 8. The first-order valence-corrected chi connectivity index (χ1v) is 18.8. The van der Waals surface area contributed by atoms with Gasteiger partial charge in [-0.05, 0) is 88.3 Å². The molecule has 0 N–H and O–H groups in total. The van der Waals surface area contributed by atoms with Crippen LogP contribution in [0.1, 0.15) is 95.2 Å². The van der Waals surface area contributed by atoms with E-state index in [1.54, 1.807) is 0 Å². The quantitative estimate of drug-likeness (QED) is 0.122. The highest BCUT2D eigenvalue weighted by Gasteiger charge is 2.44. The molecule has 2 aliphatic carbocycles. The van der Waals surface area contributed by atoms with Crippen molar-refractivity contribution in [3.8, 4) is 11.1 Å². The average Bonchev–Trinajstić information content (AvgIpc) is 3.18. The zero-order chi connectivity index (χ0) is 35.2. The lowest BCUT2D eigenvalue weighted by molar-refractivity contribution is 0.616. The summed E-state index contributed by atoms with van der Waals surface area (Å²) in [5.74, 6) is 0.223. The van der Waals surface area contributed by atoms with Crippen LogP contribution in [0.2, 0.25) is 0 Å². The van der Waals surface area contributed by atoms with Crippen molar-refractivity contribution in [3.05, 3.63) is 225 Å². The summed E-state index contributed by atoms with van der Waals surface area (Å²) in [6.07, 6.45) is 0. The van der Waals surface area contributed by atoms with Crippen molar-refractivity contribution in [2.24, 2.45) is 0 Å². The van der Waals surface area contributed by atoms with Gasteiger partial charge in [0.05, 0.1) is 0 Å². The van der Waals surface area contributed by atoms with Gasteiger partial charge in [-0.25, -0.2) is 0 Å². The third-order valence-corrected chi connectivity index (χ3v) is 12.5. The maximum atomic E-state index is 2.58. The first-order chi connectivity index (χ1) is 25.4. The van der Waals surface area contributed by atoms with Crippen molar-refractivity contribution in [1.82, 2.24) is 0 Å². The monoisotopic (exact) mass is 666 g/mol. The molecule has 2 aliphatic rings. The highest BCUT2D eigenvalue weighted by Crippen LogP contribution is 2.61. The van der Waals surface area contributed by atoms with Crippen LogP contribution in [0.4, 0.5) is 0 Å². The van der Waals surface area contributed by atoms with E-state index < -0.39 is 0 Å². The summed E-state index contributed by atoms with van der Waals surface area (Å²) in [6.45, 7) is 9.86. The Hall–Kier alpha value is -5.72. The van der Waals surface area contributed by atoms with Gasteiger partial charge >= 0.3 is 0 Å². The summed E-state index contributed by atoms with van der Waals surface area (Å²) in [7, 11) is 0. The standard InChI is InChI=1S/C52H42/c1-51(2)40-29-17-27-38-46(45(35-23-13-7-14-24-35)36-25-15-8-16-26-36)39-28-18-30-41-48(39)50(47(38)40)49-42(51)31-37(32-43(49)52(41,3)4)44(33-19-9-5-10-20-33)34-21-11-6-12-22-34/h5-32,44-45H,1-4H3. The SMILES string of the molecule is CC1(C)c2cc(C(c3ccccc3)c3ccccc3)cc3c2-c2c4c1cccc4c(C(c1ccccc1)c1ccccc1)c1cccc(c21)C3(C)C. The lowest BCUT2D eigenvalue weighted by Crippen LogP contribution is -2.31. The summed E-state index contributed by atoms with van der Waals surface area (Å²) >= 11 is 0. The van der Waals surface area contributed by atoms with Gasteiger partial charge in [0, 0.05) is 22.7 Å². The topological polar surface area (TPSA) is 0 Å². The molecular weight excluding hydrogens is 625 g/mol. The lowest BCUT2D eigenvalue weighted by Gasteiger charge is -2.45. The smallest absolute Gasteiger partial charge is 0.0352 e. The molecule has 0 heterocycles. The van der Waals surface area contributed by atoms with Crippen LogP contribution in [-0.2, 0) is 10.8 Å². The molecule has 10 rings (SSSR count). The van der Waals surface area contributed by atoms with Gasteiger partial charge in [0.2, 0.25) is 0 Å². The van der Waals surface area contributed by atoms with Crippen LogP contribution in [0.3, 0.4) is 0 Å². The van der Waals surface area contributed by atoms with Crippen molar-refractivity contribution in [2.75, 3.05) is 0 Å². The summed E-state index contributed by atoms with van der Waals surface area (Å²) < 4.78 is 0. The van der Waals surface area contributed by atoms with Crippen LogP contribution in [0.5, 0.6) is 0 Å². The predicted molar refractivity (Wildman–Crippen MR) is 219 cm³/mol. The van der Waals surface area contributed by atoms with E-state index in [2.05, 4.69) is 198 Å². The Kier molecular flexibility index (Phi) is 6.80. The number of hydrogen-bond acceptors (Lipinski definition) is 0. The third-order valence-electron chi connectivity index (χ3n) is 12.5. The molecule has 8 aromatic carbocycles. The first-order valence-electron chi connectivity index (χ1n) is 18.8. The minimum Gasteiger partial charge on any atom is -0.0622 e. The maximum Gasteiger partial charge on any atom is 0.0352 e. The summed E-state index contributed by atoms with van der Waals surface area (Å²) in [4.78, 5) is 0. The van der Waals surface area contributed by atoms with Crippen LogP contribution in [0.15, 0.2) is 170 Å². The van der Waals surface area contributed by atoms with Crippen molar-refractivity contribution in [3.63, 3.8) is 0 Å². The summed E-state index contributed by atoms with van der Waals surface area (Å²) in [5, 5.41) is 5.60. The Morgan fingerprint density at radius 2 is 0.692 bits per heavy atom. The molecule has 0 heteroatoms. The summed E-state index contributed by atoms with van der Waals surface area (Å²) in [5.41, 5.74) is 16.3. The molecule has 0 saturated heterocycles. The van der Waals surface area contributed by atoms with E-state index in [9.17, 15) is 0 Å². The van der Waals surface area contributed by atoms with Gasteiger partial charge in [0.1, 0.15) is 0 Å². The number of hydrogen-bond donors (Lipinski definition) is 0. The summed E-state index contributed by atoms with van der Waals surface area (Å²) in [6, 6.07) is 63.9. The maximum absolute atomic E-state index is 2.58. The Morgan fingerprint density at radius 1 is 0.327 bits per heavy atom. The minimum absolute atomic E-state index is 0.0934. The molecule has 0 aliphatic heterocycles. The third kappa shape index (κ3) is 4.34. The van der Waals surface area contributed by atoms with Crippen molar-refractivity contribution in [2.45, 2.75) is 50.4 Å². The first kappa shape index (κ1) is 31.1. The molecule has 52 heavy (non-hydrogen) atoms. The fourth-order valence-electron chi connectivity index (χ4n) is 10.0. The van der Waals surface area contributed by atoms with Crippen molar-refractivity contribution < 1.29 is 0 Å². The molecule has 250 valence electrons. The molecule has 0 nitrogen and oxygen atoms in total. The molecule has 0 fully saturated rings. The molecule has 0 bridgehead atoms. The Bertz CT molecular complexity index is 2470. The fraction of sp³-hybridized carbons (Fsp3) is 0.154. The van der Waals surface area contributed by atoms with Crippen LogP contribution in [-0.4, -0.2) is 0 Å². The molecule has 0 aromatic heterocycles. The minimum atomic E-state index is -0.215. The normalized spacial score (nSPS) is 14.8. The second-order valence-electron chi connectivity index (χ2n) is 16.0. The van der Waals surface area contributed by atoms with Crippen LogP contribution >= 0.6 is 0 Å². The van der Waals surface area contributed by atoms with E-state index in [4.69, 9.17) is 0 Å². The van der Waals surface area contributed by atoms with E-state index in [-0.39, 0.29) is 22.7 Å². The average molecular weight is 667 g/mol. The second-order valence-corrected chi connectivity index (χ2v) is 16.0. The number of rotatable bonds is 6. The van der Waals surface area contributed by atoms with Crippen molar-refractivity contribution >= 4 is 21.5 Å². The Balaban J connectivity index is 1.35. The van der Waals surface area contributed by atoms with E-state index >= 15 is 0 Å². The molecule has 0 amide bonds. The van der Waals surface area contributed by atoms with Gasteiger partial charge in [0.15, 0.2) is 0 Å². The molecule has 8 aromatic rings. The van der Waals surface area contributed by atoms with Gasteiger partial charge in [-0.2, -0.15) is 0 Å². The molecule has 0 unspecified atom stereocenters. The predicted octanol–water partition coefficient (Wildman–Crippen LogP) is 13.3. The zero-order valence-electron chi connectivity index (χ0n) is 30.3. The van der Waals surface area contributed by atoms with Crippen LogP contribution in [0, 0.1) is 0 Å². The molecule has 0 saturated carbocycles. The molecule has 0 radical (unpaired) electrons. The van der Waals surface area contributed by atoms with E-state index in [0.717, 1.165) is 0 Å². The van der Waals surface area contributed by atoms with Gasteiger partial charge in [-0.3, -0.25) is 0 Å².